The van der Waals surface area contributed by atoms with Gasteiger partial charge >= 0.3 is 0 Å². The first-order valence-corrected chi connectivity index (χ1v) is 7.19. The van der Waals surface area contributed by atoms with Gasteiger partial charge in [-0.3, -0.25) is 0 Å². The van der Waals surface area contributed by atoms with E-state index in [0.29, 0.717) is 11.8 Å². The molecule has 1 aromatic carbocycles. The van der Waals surface area contributed by atoms with E-state index in [-0.39, 0.29) is 5.82 Å². The van der Waals surface area contributed by atoms with Gasteiger partial charge in [0, 0.05) is 0 Å². The lowest BCUT2D eigenvalue weighted by Gasteiger charge is -2.21. The van der Waals surface area contributed by atoms with E-state index in [9.17, 15) is 4.39 Å². The number of aryl methyl sites for hydroxylation is 1. The Morgan fingerprint density at radius 2 is 2.17 bits per heavy atom. The van der Waals surface area contributed by atoms with Crippen LogP contribution in [0.2, 0.25) is 0 Å². The monoisotopic (exact) mass is 249 g/mol. The van der Waals surface area contributed by atoms with Crippen molar-refractivity contribution in [3.63, 3.8) is 0 Å². The van der Waals surface area contributed by atoms with Gasteiger partial charge in [0.05, 0.1) is 0 Å². The fourth-order valence-electron chi connectivity index (χ4n) is 3.02. The van der Waals surface area contributed by atoms with Crippen LogP contribution in [0.3, 0.4) is 0 Å². The summed E-state index contributed by atoms with van der Waals surface area (Å²) in [4.78, 5) is 0. The van der Waals surface area contributed by atoms with E-state index in [4.69, 9.17) is 0 Å². The summed E-state index contributed by atoms with van der Waals surface area (Å²) in [5, 5.41) is 3.51. The molecule has 1 aliphatic carbocycles. The van der Waals surface area contributed by atoms with Crippen molar-refractivity contribution in [2.45, 2.75) is 45.4 Å². The Labute approximate surface area is 110 Å². The Morgan fingerprint density at radius 1 is 1.33 bits per heavy atom. The molecule has 0 radical (unpaired) electrons. The largest absolute Gasteiger partial charge is 0.316 e. The van der Waals surface area contributed by atoms with Crippen LogP contribution in [0, 0.1) is 18.7 Å². The molecule has 1 fully saturated rings. The molecule has 0 bridgehead atoms. The molecule has 2 heteroatoms. The highest BCUT2D eigenvalue weighted by atomic mass is 19.1. The van der Waals surface area contributed by atoms with Gasteiger partial charge in [-0.05, 0) is 68.3 Å². The third kappa shape index (κ3) is 3.11. The quantitative estimate of drug-likeness (QED) is 0.777. The number of nitrogens with one attached hydrogen (secondary N) is 1. The van der Waals surface area contributed by atoms with Crippen LogP contribution in [0.25, 0.3) is 0 Å². The van der Waals surface area contributed by atoms with Gasteiger partial charge in [-0.1, -0.05) is 25.5 Å². The zero-order valence-electron chi connectivity index (χ0n) is 11.5. The Bertz CT molecular complexity index is 389. The van der Waals surface area contributed by atoms with Gasteiger partial charge in [-0.15, -0.1) is 0 Å². The zero-order chi connectivity index (χ0) is 13.0. The molecule has 18 heavy (non-hydrogen) atoms. The highest BCUT2D eigenvalue weighted by Gasteiger charge is 2.28. The van der Waals surface area contributed by atoms with Crippen molar-refractivity contribution >= 4 is 0 Å². The lowest BCUT2D eigenvalue weighted by Crippen LogP contribution is -2.25. The summed E-state index contributed by atoms with van der Waals surface area (Å²) in [6, 6.07) is 5.78. The van der Waals surface area contributed by atoms with Gasteiger partial charge in [0.15, 0.2) is 0 Å². The van der Waals surface area contributed by atoms with Crippen LogP contribution in [-0.4, -0.2) is 13.1 Å². The molecule has 0 aliphatic heterocycles. The zero-order valence-corrected chi connectivity index (χ0v) is 11.5. The first-order chi connectivity index (χ1) is 8.72. The van der Waals surface area contributed by atoms with Gasteiger partial charge in [0.25, 0.3) is 0 Å². The summed E-state index contributed by atoms with van der Waals surface area (Å²) >= 11 is 0. The van der Waals surface area contributed by atoms with Crippen molar-refractivity contribution < 1.29 is 4.39 Å². The molecule has 100 valence electrons. The first-order valence-electron chi connectivity index (χ1n) is 7.19. The summed E-state index contributed by atoms with van der Waals surface area (Å²) in [5.74, 6) is 1.17. The minimum atomic E-state index is -0.0559. The van der Waals surface area contributed by atoms with E-state index >= 15 is 0 Å². The molecule has 1 saturated carbocycles. The van der Waals surface area contributed by atoms with Crippen molar-refractivity contribution in [2.24, 2.45) is 5.92 Å². The highest BCUT2D eigenvalue weighted by molar-refractivity contribution is 5.27. The minimum absolute atomic E-state index is 0.0559. The van der Waals surface area contributed by atoms with Crippen LogP contribution in [-0.2, 0) is 0 Å². The van der Waals surface area contributed by atoms with Crippen LogP contribution < -0.4 is 5.32 Å². The molecular formula is C16H24FN. The van der Waals surface area contributed by atoms with Gasteiger partial charge in [0.2, 0.25) is 0 Å². The number of hydrogen-bond donors (Lipinski definition) is 1. The molecule has 0 amide bonds. The lowest BCUT2D eigenvalue weighted by molar-refractivity contribution is 0.443. The van der Waals surface area contributed by atoms with E-state index in [1.54, 1.807) is 6.07 Å². The summed E-state index contributed by atoms with van der Waals surface area (Å²) in [6.45, 7) is 6.18. The van der Waals surface area contributed by atoms with Crippen molar-refractivity contribution in [2.75, 3.05) is 13.1 Å². The second-order valence-electron chi connectivity index (χ2n) is 5.51. The molecule has 2 rings (SSSR count). The Balaban J connectivity index is 2.03. The molecule has 0 aromatic heterocycles. The Kier molecular flexibility index (Phi) is 4.76. The van der Waals surface area contributed by atoms with E-state index < -0.39 is 0 Å². The van der Waals surface area contributed by atoms with E-state index in [0.717, 1.165) is 18.7 Å². The van der Waals surface area contributed by atoms with Crippen LogP contribution in [0.15, 0.2) is 18.2 Å². The summed E-state index contributed by atoms with van der Waals surface area (Å²) < 4.78 is 13.7. The van der Waals surface area contributed by atoms with Gasteiger partial charge in [-0.25, -0.2) is 4.39 Å². The second kappa shape index (κ2) is 6.33. The van der Waals surface area contributed by atoms with E-state index in [1.165, 1.54) is 31.2 Å². The molecular weight excluding hydrogens is 225 g/mol. The molecule has 1 N–H and O–H groups in total. The normalized spacial score (nSPS) is 23.5. The number of rotatable bonds is 5. The fraction of sp³-hybridized carbons (Fsp3) is 0.625. The summed E-state index contributed by atoms with van der Waals surface area (Å²) in [7, 11) is 0. The van der Waals surface area contributed by atoms with Crippen molar-refractivity contribution in [1.29, 1.82) is 0 Å². The van der Waals surface area contributed by atoms with Crippen molar-refractivity contribution in [3.8, 4) is 0 Å². The smallest absolute Gasteiger partial charge is 0.126 e. The minimum Gasteiger partial charge on any atom is -0.316 e. The fourth-order valence-corrected chi connectivity index (χ4v) is 3.02. The maximum Gasteiger partial charge on any atom is 0.126 e. The molecule has 2 unspecified atom stereocenters. The second-order valence-corrected chi connectivity index (χ2v) is 5.51. The van der Waals surface area contributed by atoms with Crippen LogP contribution in [0.1, 0.15) is 49.7 Å². The first kappa shape index (κ1) is 13.5. The van der Waals surface area contributed by atoms with Crippen LogP contribution in [0.4, 0.5) is 4.39 Å². The predicted octanol–water partition coefficient (Wildman–Crippen LogP) is 4.02. The Hall–Kier alpha value is -0.890. The molecule has 0 spiro atoms. The molecule has 1 nitrogen and oxygen atoms in total. The third-order valence-electron chi connectivity index (χ3n) is 4.12. The Morgan fingerprint density at radius 3 is 2.89 bits per heavy atom. The number of hydrogen-bond acceptors (Lipinski definition) is 1. The third-order valence-corrected chi connectivity index (χ3v) is 4.12. The van der Waals surface area contributed by atoms with Gasteiger partial charge < -0.3 is 5.32 Å². The van der Waals surface area contributed by atoms with E-state index in [1.807, 2.05) is 13.0 Å². The average Bonchev–Trinajstić information content (AvgIpc) is 2.81. The number of halogens is 1. The highest BCUT2D eigenvalue weighted by Crippen LogP contribution is 2.39. The maximum atomic E-state index is 13.7. The maximum absolute atomic E-state index is 13.7. The molecule has 0 saturated heterocycles. The van der Waals surface area contributed by atoms with Crippen LogP contribution >= 0.6 is 0 Å². The SMILES string of the molecule is CCCNCC1CCCC1c1ccc(C)c(F)c1. The van der Waals surface area contributed by atoms with E-state index in [2.05, 4.69) is 18.3 Å². The predicted molar refractivity (Wildman–Crippen MR) is 74.4 cm³/mol. The topological polar surface area (TPSA) is 12.0 Å². The standard InChI is InChI=1S/C16H24FN/c1-3-9-18-11-14-5-4-6-15(14)13-8-7-12(2)16(17)10-13/h7-8,10,14-15,18H,3-6,9,11H2,1-2H3. The average molecular weight is 249 g/mol. The summed E-state index contributed by atoms with van der Waals surface area (Å²) in [5.41, 5.74) is 1.94. The molecule has 0 heterocycles. The number of benzene rings is 1. The molecule has 1 aromatic rings. The van der Waals surface area contributed by atoms with Crippen LogP contribution in [0.5, 0.6) is 0 Å². The lowest BCUT2D eigenvalue weighted by atomic mass is 9.88. The van der Waals surface area contributed by atoms with Gasteiger partial charge in [-0.2, -0.15) is 0 Å². The summed E-state index contributed by atoms with van der Waals surface area (Å²) in [6.07, 6.45) is 4.94. The van der Waals surface area contributed by atoms with Crippen molar-refractivity contribution in [3.05, 3.63) is 35.1 Å². The molecule has 2 atom stereocenters. The van der Waals surface area contributed by atoms with Gasteiger partial charge in [0.1, 0.15) is 5.82 Å². The van der Waals surface area contributed by atoms with Crippen molar-refractivity contribution in [1.82, 2.24) is 5.32 Å². The molecule has 1 aliphatic rings.